The van der Waals surface area contributed by atoms with Crippen LogP contribution in [0.5, 0.6) is 0 Å². The van der Waals surface area contributed by atoms with Crippen molar-refractivity contribution in [3.63, 3.8) is 0 Å². The maximum absolute atomic E-state index is 8.59. The molecule has 0 aromatic rings. The van der Waals surface area contributed by atoms with Gasteiger partial charge in [0.15, 0.2) is 0 Å². The average molecular weight is 128 g/mol. The Hall–Kier alpha value is -0.515. The van der Waals surface area contributed by atoms with Crippen LogP contribution in [0.2, 0.25) is 0 Å². The smallest absolute Gasteiger partial charge is 0.423 e. The van der Waals surface area contributed by atoms with Gasteiger partial charge in [0.25, 0.3) is 0 Å². The second kappa shape index (κ2) is 2.39. The van der Waals surface area contributed by atoms with E-state index in [0.29, 0.717) is 12.0 Å². The highest BCUT2D eigenvalue weighted by Gasteiger charge is 2.19. The molecule has 0 saturated carbocycles. The summed E-state index contributed by atoms with van der Waals surface area (Å²) in [6.45, 7) is 0.522. The molecule has 1 heterocycles. The largest absolute Gasteiger partial charge is 0.487 e. The molecule has 0 atom stereocenters. The minimum atomic E-state index is -1.32. The van der Waals surface area contributed by atoms with Crippen molar-refractivity contribution in [1.29, 1.82) is 0 Å². The van der Waals surface area contributed by atoms with Gasteiger partial charge in [0.05, 0.1) is 0 Å². The van der Waals surface area contributed by atoms with E-state index in [2.05, 4.69) is 5.43 Å². The Morgan fingerprint density at radius 3 is 2.67 bits per heavy atom. The van der Waals surface area contributed by atoms with Crippen molar-refractivity contribution in [2.75, 3.05) is 13.6 Å². The zero-order valence-electron chi connectivity index (χ0n) is 5.20. The second-order valence-corrected chi connectivity index (χ2v) is 2.02. The summed E-state index contributed by atoms with van der Waals surface area (Å²) < 4.78 is 0. The van der Waals surface area contributed by atoms with E-state index in [0.717, 1.165) is 0 Å². The van der Waals surface area contributed by atoms with Crippen LogP contribution >= 0.6 is 0 Å². The maximum atomic E-state index is 8.59. The molecule has 9 heavy (non-hydrogen) atoms. The Balaban J connectivity index is 2.52. The average Bonchev–Trinajstić information content (AvgIpc) is 2.14. The molecule has 5 heteroatoms. The van der Waals surface area contributed by atoms with E-state index in [4.69, 9.17) is 10.0 Å². The van der Waals surface area contributed by atoms with Crippen LogP contribution in [0.25, 0.3) is 0 Å². The summed E-state index contributed by atoms with van der Waals surface area (Å²) in [4.78, 5) is 0. The standard InChI is InChI=1S/C4H9BN2O2/c1-7-3-4(2-6-7)5(8)9/h3,6,8-9H,2H2,1H3. The predicted octanol–water partition coefficient (Wildman–Crippen LogP) is -1.67. The highest BCUT2D eigenvalue weighted by molar-refractivity contribution is 6.50. The molecule has 4 nitrogen and oxygen atoms in total. The van der Waals surface area contributed by atoms with Gasteiger partial charge in [0.1, 0.15) is 0 Å². The first kappa shape index (κ1) is 6.60. The first-order valence-electron chi connectivity index (χ1n) is 2.73. The highest BCUT2D eigenvalue weighted by Crippen LogP contribution is 2.01. The molecule has 0 spiro atoms. The Morgan fingerprint density at radius 1 is 1.78 bits per heavy atom. The van der Waals surface area contributed by atoms with E-state index in [-0.39, 0.29) is 0 Å². The van der Waals surface area contributed by atoms with E-state index in [1.54, 1.807) is 18.3 Å². The lowest BCUT2D eigenvalue weighted by Gasteiger charge is -2.04. The molecule has 1 aliphatic rings. The van der Waals surface area contributed by atoms with Gasteiger partial charge < -0.3 is 15.1 Å². The molecule has 0 saturated heterocycles. The summed E-state index contributed by atoms with van der Waals surface area (Å²) in [6, 6.07) is 0. The third-order valence-electron chi connectivity index (χ3n) is 1.22. The molecule has 3 N–H and O–H groups in total. The molecule has 50 valence electrons. The Bertz CT molecular complexity index is 137. The van der Waals surface area contributed by atoms with Gasteiger partial charge in [-0.3, -0.25) is 0 Å². The minimum Gasteiger partial charge on any atom is -0.423 e. The van der Waals surface area contributed by atoms with Crippen molar-refractivity contribution in [1.82, 2.24) is 10.4 Å². The van der Waals surface area contributed by atoms with Gasteiger partial charge in [-0.1, -0.05) is 0 Å². The number of hydrogen-bond acceptors (Lipinski definition) is 4. The number of nitrogens with one attached hydrogen (secondary N) is 1. The zero-order valence-corrected chi connectivity index (χ0v) is 5.20. The molecule has 0 radical (unpaired) electrons. The lowest BCUT2D eigenvalue weighted by atomic mass is 9.80. The van der Waals surface area contributed by atoms with Crippen LogP contribution in [0.4, 0.5) is 0 Å². The van der Waals surface area contributed by atoms with Crippen LogP contribution in [-0.4, -0.2) is 35.8 Å². The van der Waals surface area contributed by atoms with Gasteiger partial charge in [0.2, 0.25) is 0 Å². The summed E-state index contributed by atoms with van der Waals surface area (Å²) in [7, 11) is 0.484. The third-order valence-corrected chi connectivity index (χ3v) is 1.22. The van der Waals surface area contributed by atoms with Gasteiger partial charge in [0, 0.05) is 19.8 Å². The van der Waals surface area contributed by atoms with E-state index in [1.807, 2.05) is 0 Å². The third kappa shape index (κ3) is 1.44. The van der Waals surface area contributed by atoms with Crippen molar-refractivity contribution in [3.05, 3.63) is 11.7 Å². The first-order valence-corrected chi connectivity index (χ1v) is 2.73. The number of nitrogens with zero attached hydrogens (tertiary/aromatic N) is 1. The summed E-state index contributed by atoms with van der Waals surface area (Å²) in [6.07, 6.45) is 1.66. The Labute approximate surface area is 53.9 Å². The normalized spacial score (nSPS) is 18.1. The monoisotopic (exact) mass is 128 g/mol. The van der Waals surface area contributed by atoms with Crippen LogP contribution in [0.15, 0.2) is 11.7 Å². The topological polar surface area (TPSA) is 55.7 Å². The lowest BCUT2D eigenvalue weighted by Crippen LogP contribution is -2.25. The number of rotatable bonds is 1. The van der Waals surface area contributed by atoms with Crippen LogP contribution in [0.1, 0.15) is 0 Å². The van der Waals surface area contributed by atoms with Crippen molar-refractivity contribution in [2.24, 2.45) is 0 Å². The molecule has 1 rings (SSSR count). The van der Waals surface area contributed by atoms with Gasteiger partial charge in [-0.25, -0.2) is 5.43 Å². The van der Waals surface area contributed by atoms with E-state index in [9.17, 15) is 0 Å². The number of hydrogen-bond donors (Lipinski definition) is 3. The van der Waals surface area contributed by atoms with Gasteiger partial charge in [-0.15, -0.1) is 0 Å². The van der Waals surface area contributed by atoms with Crippen molar-refractivity contribution in [3.8, 4) is 0 Å². The molecular formula is C4H9BN2O2. The molecular weight excluding hydrogens is 119 g/mol. The van der Waals surface area contributed by atoms with Crippen molar-refractivity contribution < 1.29 is 10.0 Å². The van der Waals surface area contributed by atoms with Gasteiger partial charge in [-0.05, 0) is 5.47 Å². The van der Waals surface area contributed by atoms with E-state index in [1.165, 1.54) is 0 Å². The summed E-state index contributed by atoms with van der Waals surface area (Å²) >= 11 is 0. The molecule has 0 amide bonds. The fourth-order valence-corrected chi connectivity index (χ4v) is 0.714. The van der Waals surface area contributed by atoms with Crippen molar-refractivity contribution >= 4 is 7.12 Å². The van der Waals surface area contributed by atoms with Gasteiger partial charge >= 0.3 is 7.12 Å². The maximum Gasteiger partial charge on any atom is 0.487 e. The highest BCUT2D eigenvalue weighted by atomic mass is 16.4. The Morgan fingerprint density at radius 2 is 2.44 bits per heavy atom. The molecule has 0 bridgehead atoms. The fraction of sp³-hybridized carbons (Fsp3) is 0.500. The van der Waals surface area contributed by atoms with Crippen LogP contribution in [0, 0.1) is 0 Å². The second-order valence-electron chi connectivity index (χ2n) is 2.02. The molecule has 0 aromatic carbocycles. The minimum absolute atomic E-state index is 0.522. The first-order chi connectivity index (χ1) is 4.20. The molecule has 0 unspecified atom stereocenters. The summed E-state index contributed by atoms with van der Waals surface area (Å²) in [5.41, 5.74) is 3.47. The molecule has 0 aromatic heterocycles. The number of hydrazine groups is 1. The summed E-state index contributed by atoms with van der Waals surface area (Å²) in [5, 5.41) is 18.9. The molecule has 1 aliphatic heterocycles. The Kier molecular flexibility index (Phi) is 1.75. The zero-order chi connectivity index (χ0) is 6.85. The molecule has 0 fully saturated rings. The SMILES string of the molecule is CN1C=C(B(O)O)CN1. The fourth-order valence-electron chi connectivity index (χ4n) is 0.714. The van der Waals surface area contributed by atoms with Crippen LogP contribution in [-0.2, 0) is 0 Å². The van der Waals surface area contributed by atoms with Crippen LogP contribution in [0.3, 0.4) is 0 Å². The molecule has 0 aliphatic carbocycles. The predicted molar refractivity (Wildman–Crippen MR) is 34.0 cm³/mol. The quantitative estimate of drug-likeness (QED) is 0.369. The van der Waals surface area contributed by atoms with E-state index < -0.39 is 7.12 Å². The van der Waals surface area contributed by atoms with E-state index >= 15 is 0 Å². The summed E-state index contributed by atoms with van der Waals surface area (Å²) in [5.74, 6) is 0. The van der Waals surface area contributed by atoms with Crippen molar-refractivity contribution in [2.45, 2.75) is 0 Å². The van der Waals surface area contributed by atoms with Gasteiger partial charge in [-0.2, -0.15) is 0 Å². The lowest BCUT2D eigenvalue weighted by molar-refractivity contribution is 0.373. The van der Waals surface area contributed by atoms with Crippen LogP contribution < -0.4 is 5.43 Å².